The van der Waals surface area contributed by atoms with Gasteiger partial charge in [0.15, 0.2) is 0 Å². The standard InChI is InChI=1S/C17H25NO/c1-2-14-9-3-4-11-17(14,18)15-10-5-7-13-8-6-12-19-16(13)15/h5,7,10,14H,2-4,6,8-9,11-12,18H2,1H3. The van der Waals surface area contributed by atoms with Crippen molar-refractivity contribution in [1.82, 2.24) is 0 Å². The Morgan fingerprint density at radius 1 is 1.32 bits per heavy atom. The molecule has 2 unspecified atom stereocenters. The molecule has 19 heavy (non-hydrogen) atoms. The highest BCUT2D eigenvalue weighted by Crippen LogP contribution is 2.46. The van der Waals surface area contributed by atoms with Crippen LogP contribution in [0.4, 0.5) is 0 Å². The van der Waals surface area contributed by atoms with Crippen molar-refractivity contribution < 1.29 is 4.74 Å². The van der Waals surface area contributed by atoms with Gasteiger partial charge in [-0.2, -0.15) is 0 Å². The Hall–Kier alpha value is -1.02. The van der Waals surface area contributed by atoms with E-state index < -0.39 is 0 Å². The van der Waals surface area contributed by atoms with Gasteiger partial charge in [0, 0.05) is 11.1 Å². The third-order valence-corrected chi connectivity index (χ3v) is 5.05. The fourth-order valence-corrected chi connectivity index (χ4v) is 3.95. The lowest BCUT2D eigenvalue weighted by Gasteiger charge is -2.43. The fourth-order valence-electron chi connectivity index (χ4n) is 3.95. The Bertz CT molecular complexity index is 457. The van der Waals surface area contributed by atoms with Crippen LogP contribution in [0.2, 0.25) is 0 Å². The lowest BCUT2D eigenvalue weighted by Crippen LogP contribution is -2.46. The number of hydrogen-bond donors (Lipinski definition) is 1. The lowest BCUT2D eigenvalue weighted by molar-refractivity contribution is 0.174. The van der Waals surface area contributed by atoms with Crippen LogP contribution in [0.3, 0.4) is 0 Å². The molecule has 1 aromatic carbocycles. The van der Waals surface area contributed by atoms with Crippen molar-refractivity contribution >= 4 is 0 Å². The van der Waals surface area contributed by atoms with Crippen molar-refractivity contribution in [1.29, 1.82) is 0 Å². The highest BCUT2D eigenvalue weighted by Gasteiger charge is 2.40. The molecule has 1 fully saturated rings. The summed E-state index contributed by atoms with van der Waals surface area (Å²) in [5.74, 6) is 1.70. The van der Waals surface area contributed by atoms with E-state index in [9.17, 15) is 0 Å². The first-order valence-corrected chi connectivity index (χ1v) is 7.79. The summed E-state index contributed by atoms with van der Waals surface area (Å²) >= 11 is 0. The number of para-hydroxylation sites is 1. The van der Waals surface area contributed by atoms with Crippen molar-refractivity contribution in [3.63, 3.8) is 0 Å². The van der Waals surface area contributed by atoms with Gasteiger partial charge in [-0.15, -0.1) is 0 Å². The average Bonchev–Trinajstić information content (AvgIpc) is 2.47. The summed E-state index contributed by atoms with van der Waals surface area (Å²) in [6, 6.07) is 6.57. The van der Waals surface area contributed by atoms with E-state index >= 15 is 0 Å². The van der Waals surface area contributed by atoms with Gasteiger partial charge in [-0.1, -0.05) is 44.4 Å². The zero-order chi connectivity index (χ0) is 13.3. The van der Waals surface area contributed by atoms with Gasteiger partial charge in [0.05, 0.1) is 6.61 Å². The molecule has 2 N–H and O–H groups in total. The van der Waals surface area contributed by atoms with Crippen LogP contribution in [-0.4, -0.2) is 6.61 Å². The van der Waals surface area contributed by atoms with E-state index in [2.05, 4.69) is 25.1 Å². The SMILES string of the molecule is CCC1CCCCC1(N)c1cccc2c1OCCC2. The van der Waals surface area contributed by atoms with Gasteiger partial charge in [-0.25, -0.2) is 0 Å². The van der Waals surface area contributed by atoms with Gasteiger partial charge in [-0.3, -0.25) is 0 Å². The van der Waals surface area contributed by atoms with Gasteiger partial charge in [0.25, 0.3) is 0 Å². The summed E-state index contributed by atoms with van der Waals surface area (Å²) in [6.07, 6.45) is 8.37. The zero-order valence-corrected chi connectivity index (χ0v) is 12.0. The molecule has 2 atom stereocenters. The first-order valence-electron chi connectivity index (χ1n) is 7.79. The molecule has 0 spiro atoms. The van der Waals surface area contributed by atoms with Crippen LogP contribution >= 0.6 is 0 Å². The summed E-state index contributed by atoms with van der Waals surface area (Å²) in [6.45, 7) is 3.12. The Kier molecular flexibility index (Phi) is 3.53. The molecule has 104 valence electrons. The molecule has 3 rings (SSSR count). The predicted molar refractivity (Wildman–Crippen MR) is 78.4 cm³/mol. The second kappa shape index (κ2) is 5.16. The third kappa shape index (κ3) is 2.16. The van der Waals surface area contributed by atoms with Crippen molar-refractivity contribution in [3.8, 4) is 5.75 Å². The molecule has 1 heterocycles. The van der Waals surface area contributed by atoms with E-state index in [1.165, 1.54) is 36.8 Å². The minimum atomic E-state index is -0.171. The van der Waals surface area contributed by atoms with Gasteiger partial charge in [-0.05, 0) is 37.2 Å². The largest absolute Gasteiger partial charge is 0.493 e. The van der Waals surface area contributed by atoms with E-state index in [-0.39, 0.29) is 5.54 Å². The number of hydrogen-bond acceptors (Lipinski definition) is 2. The average molecular weight is 259 g/mol. The molecule has 1 aromatic rings. The van der Waals surface area contributed by atoms with Gasteiger partial charge < -0.3 is 10.5 Å². The molecule has 1 aliphatic carbocycles. The van der Waals surface area contributed by atoms with E-state index in [1.807, 2.05) is 0 Å². The second-order valence-electron chi connectivity index (χ2n) is 6.14. The molecule has 0 radical (unpaired) electrons. The van der Waals surface area contributed by atoms with E-state index in [4.69, 9.17) is 10.5 Å². The second-order valence-corrected chi connectivity index (χ2v) is 6.14. The smallest absolute Gasteiger partial charge is 0.127 e. The Morgan fingerprint density at radius 3 is 3.05 bits per heavy atom. The minimum Gasteiger partial charge on any atom is -0.493 e. The monoisotopic (exact) mass is 259 g/mol. The van der Waals surface area contributed by atoms with Crippen LogP contribution in [0.15, 0.2) is 18.2 Å². The minimum absolute atomic E-state index is 0.171. The quantitative estimate of drug-likeness (QED) is 0.877. The maximum Gasteiger partial charge on any atom is 0.127 e. The zero-order valence-electron chi connectivity index (χ0n) is 12.0. The van der Waals surface area contributed by atoms with Gasteiger partial charge >= 0.3 is 0 Å². The predicted octanol–water partition coefficient (Wildman–Crippen LogP) is 3.77. The topological polar surface area (TPSA) is 35.2 Å². The number of ether oxygens (including phenoxy) is 1. The first kappa shape index (κ1) is 13.0. The van der Waals surface area contributed by atoms with E-state index in [0.717, 1.165) is 31.6 Å². The molecule has 0 saturated heterocycles. The van der Waals surface area contributed by atoms with Gasteiger partial charge in [0.2, 0.25) is 0 Å². The van der Waals surface area contributed by atoms with Crippen molar-refractivity contribution in [2.24, 2.45) is 11.7 Å². The molecule has 2 nitrogen and oxygen atoms in total. The summed E-state index contributed by atoms with van der Waals surface area (Å²) < 4.78 is 5.99. The van der Waals surface area contributed by atoms with Crippen molar-refractivity contribution in [2.75, 3.05) is 6.61 Å². The Labute approximate surface area is 116 Å². The van der Waals surface area contributed by atoms with Crippen molar-refractivity contribution in [2.45, 2.75) is 57.4 Å². The maximum absolute atomic E-state index is 6.88. The number of aryl methyl sites for hydroxylation is 1. The molecule has 0 bridgehead atoms. The highest BCUT2D eigenvalue weighted by atomic mass is 16.5. The van der Waals surface area contributed by atoms with Crippen LogP contribution in [0.25, 0.3) is 0 Å². The lowest BCUT2D eigenvalue weighted by atomic mass is 9.68. The molecule has 1 aliphatic heterocycles. The highest BCUT2D eigenvalue weighted by molar-refractivity contribution is 5.47. The van der Waals surface area contributed by atoms with E-state index in [0.29, 0.717) is 5.92 Å². The molecular weight excluding hydrogens is 234 g/mol. The number of fused-ring (bicyclic) bond motifs is 1. The summed E-state index contributed by atoms with van der Waals surface area (Å²) in [5, 5.41) is 0. The van der Waals surface area contributed by atoms with Crippen LogP contribution < -0.4 is 10.5 Å². The van der Waals surface area contributed by atoms with Gasteiger partial charge in [0.1, 0.15) is 5.75 Å². The number of benzene rings is 1. The molecule has 2 heteroatoms. The number of nitrogens with two attached hydrogens (primary N) is 1. The Morgan fingerprint density at radius 2 is 2.21 bits per heavy atom. The normalized spacial score (nSPS) is 30.5. The van der Waals surface area contributed by atoms with Crippen LogP contribution in [0.1, 0.15) is 56.6 Å². The summed E-state index contributed by atoms with van der Waals surface area (Å²) in [4.78, 5) is 0. The maximum atomic E-state index is 6.88. The van der Waals surface area contributed by atoms with Crippen LogP contribution in [-0.2, 0) is 12.0 Å². The van der Waals surface area contributed by atoms with Crippen LogP contribution in [0, 0.1) is 5.92 Å². The molecule has 0 amide bonds. The molecule has 0 aromatic heterocycles. The van der Waals surface area contributed by atoms with Crippen molar-refractivity contribution in [3.05, 3.63) is 29.3 Å². The molecule has 1 saturated carbocycles. The molecule has 2 aliphatic rings. The Balaban J connectivity index is 2.04. The summed E-state index contributed by atoms with van der Waals surface area (Å²) in [5.41, 5.74) is 9.34. The first-order chi connectivity index (χ1) is 9.25. The van der Waals surface area contributed by atoms with E-state index in [1.54, 1.807) is 0 Å². The van der Waals surface area contributed by atoms with Crippen LogP contribution in [0.5, 0.6) is 5.75 Å². The third-order valence-electron chi connectivity index (χ3n) is 5.05. The summed E-state index contributed by atoms with van der Waals surface area (Å²) in [7, 11) is 0. The molecular formula is C17H25NO. The number of rotatable bonds is 2. The fraction of sp³-hybridized carbons (Fsp3) is 0.647.